The number of alkyl halides is 1. The lowest BCUT2D eigenvalue weighted by molar-refractivity contribution is 0.354. The molecule has 0 N–H and O–H groups in total. The van der Waals surface area contributed by atoms with Gasteiger partial charge >= 0.3 is 0 Å². The Hall–Kier alpha value is -0.690. The molecule has 0 heterocycles. The maximum absolute atomic E-state index is 10.7. The second-order valence-electron chi connectivity index (χ2n) is 2.19. The molecule has 0 aliphatic rings. The van der Waals surface area contributed by atoms with Crippen LogP contribution in [0.2, 0.25) is 0 Å². The summed E-state index contributed by atoms with van der Waals surface area (Å²) in [6, 6.07) is 6.63. The standard InChI is InChI=1S/C8H8ClO/c1-6(9)7-3-2-4-8(10)5-7/h2-6H,1H3. The van der Waals surface area contributed by atoms with Gasteiger partial charge in [0.25, 0.3) is 0 Å². The number of halogens is 1. The van der Waals surface area contributed by atoms with Gasteiger partial charge in [-0.2, -0.15) is 0 Å². The molecule has 1 aromatic carbocycles. The number of hydrogen-bond acceptors (Lipinski definition) is 0. The molecule has 2 heteroatoms. The molecule has 0 fully saturated rings. The van der Waals surface area contributed by atoms with Crippen LogP contribution in [0.5, 0.6) is 5.75 Å². The zero-order valence-electron chi connectivity index (χ0n) is 5.67. The first-order valence-corrected chi connectivity index (χ1v) is 3.55. The first kappa shape index (κ1) is 7.42. The zero-order valence-corrected chi connectivity index (χ0v) is 6.43. The molecule has 0 saturated heterocycles. The molecule has 1 radical (unpaired) electrons. The average molecular weight is 156 g/mol. The molecule has 53 valence electrons. The highest BCUT2D eigenvalue weighted by atomic mass is 35.5. The van der Waals surface area contributed by atoms with E-state index < -0.39 is 0 Å². The van der Waals surface area contributed by atoms with Crippen molar-refractivity contribution < 1.29 is 5.11 Å². The lowest BCUT2D eigenvalue weighted by Crippen LogP contribution is -1.81. The highest BCUT2D eigenvalue weighted by Gasteiger charge is 2.00. The van der Waals surface area contributed by atoms with Crippen LogP contribution in [-0.2, 0) is 5.11 Å². The normalized spacial score (nSPS) is 13.0. The first-order valence-electron chi connectivity index (χ1n) is 3.11. The monoisotopic (exact) mass is 155 g/mol. The number of benzene rings is 1. The molecule has 0 amide bonds. The van der Waals surface area contributed by atoms with Crippen molar-refractivity contribution in [3.63, 3.8) is 0 Å². The molecule has 0 spiro atoms. The molecule has 10 heavy (non-hydrogen) atoms. The van der Waals surface area contributed by atoms with Crippen molar-refractivity contribution in [2.24, 2.45) is 0 Å². The highest BCUT2D eigenvalue weighted by molar-refractivity contribution is 6.20. The smallest absolute Gasteiger partial charge is 0.178 e. The minimum Gasteiger partial charge on any atom is -0.290 e. The quantitative estimate of drug-likeness (QED) is 0.556. The Kier molecular flexibility index (Phi) is 2.17. The fourth-order valence-electron chi connectivity index (χ4n) is 0.762. The summed E-state index contributed by atoms with van der Waals surface area (Å²) in [5.74, 6) is 0.0185. The van der Waals surface area contributed by atoms with Crippen molar-refractivity contribution in [3.8, 4) is 5.75 Å². The summed E-state index contributed by atoms with van der Waals surface area (Å²) in [4.78, 5) is 0. The second-order valence-corrected chi connectivity index (χ2v) is 2.84. The van der Waals surface area contributed by atoms with Crippen LogP contribution in [0.3, 0.4) is 0 Å². The Bertz CT molecular complexity index is 220. The Labute approximate surface area is 65.3 Å². The van der Waals surface area contributed by atoms with Gasteiger partial charge in [-0.15, -0.1) is 11.6 Å². The van der Waals surface area contributed by atoms with Gasteiger partial charge in [0, 0.05) is 0 Å². The van der Waals surface area contributed by atoms with Crippen LogP contribution in [-0.4, -0.2) is 0 Å². The summed E-state index contributed by atoms with van der Waals surface area (Å²) in [5.41, 5.74) is 0.883. The van der Waals surface area contributed by atoms with Gasteiger partial charge in [-0.3, -0.25) is 5.11 Å². The third-order valence-corrected chi connectivity index (χ3v) is 1.57. The van der Waals surface area contributed by atoms with Crippen molar-refractivity contribution in [1.82, 2.24) is 0 Å². The van der Waals surface area contributed by atoms with Crippen LogP contribution in [0, 0.1) is 0 Å². The Morgan fingerprint density at radius 3 is 2.60 bits per heavy atom. The van der Waals surface area contributed by atoms with E-state index in [0.717, 1.165) is 5.56 Å². The van der Waals surface area contributed by atoms with Crippen LogP contribution in [0.4, 0.5) is 0 Å². The van der Waals surface area contributed by atoms with Gasteiger partial charge in [-0.25, -0.2) is 0 Å². The van der Waals surface area contributed by atoms with Crippen LogP contribution in [0.1, 0.15) is 17.9 Å². The van der Waals surface area contributed by atoms with E-state index >= 15 is 0 Å². The van der Waals surface area contributed by atoms with Crippen molar-refractivity contribution in [1.29, 1.82) is 0 Å². The predicted octanol–water partition coefficient (Wildman–Crippen LogP) is 3.13. The SMILES string of the molecule is CC(Cl)c1cccc([O])c1. The predicted molar refractivity (Wildman–Crippen MR) is 40.8 cm³/mol. The second kappa shape index (κ2) is 2.93. The molecule has 1 atom stereocenters. The van der Waals surface area contributed by atoms with E-state index in [9.17, 15) is 5.11 Å². The molecule has 0 aliphatic heterocycles. The lowest BCUT2D eigenvalue weighted by Gasteiger charge is -2.00. The van der Waals surface area contributed by atoms with Crippen molar-refractivity contribution in [2.75, 3.05) is 0 Å². The van der Waals surface area contributed by atoms with Gasteiger partial charge in [-0.05, 0) is 24.6 Å². The molecule has 1 aromatic rings. The van der Waals surface area contributed by atoms with E-state index in [1.54, 1.807) is 12.1 Å². The maximum Gasteiger partial charge on any atom is 0.178 e. The largest absolute Gasteiger partial charge is 0.290 e. The minimum absolute atomic E-state index is 0.0185. The van der Waals surface area contributed by atoms with Gasteiger partial charge in [0.05, 0.1) is 5.38 Å². The molecule has 0 bridgehead atoms. The van der Waals surface area contributed by atoms with E-state index in [1.807, 2.05) is 13.0 Å². The van der Waals surface area contributed by atoms with Crippen LogP contribution < -0.4 is 0 Å². The average Bonchev–Trinajstić information content (AvgIpc) is 1.88. The third kappa shape index (κ3) is 1.64. The summed E-state index contributed by atoms with van der Waals surface area (Å²) in [6.45, 7) is 1.84. The van der Waals surface area contributed by atoms with E-state index in [-0.39, 0.29) is 11.1 Å². The van der Waals surface area contributed by atoms with Crippen molar-refractivity contribution >= 4 is 11.6 Å². The van der Waals surface area contributed by atoms with Gasteiger partial charge in [0.2, 0.25) is 0 Å². The van der Waals surface area contributed by atoms with E-state index in [4.69, 9.17) is 11.6 Å². The summed E-state index contributed by atoms with van der Waals surface area (Å²) >= 11 is 5.74. The fraction of sp³-hybridized carbons (Fsp3) is 0.250. The molecule has 0 aromatic heterocycles. The summed E-state index contributed by atoms with van der Waals surface area (Å²) in [6.07, 6.45) is 0. The maximum atomic E-state index is 10.7. The van der Waals surface area contributed by atoms with Crippen molar-refractivity contribution in [2.45, 2.75) is 12.3 Å². The van der Waals surface area contributed by atoms with Crippen molar-refractivity contribution in [3.05, 3.63) is 29.8 Å². The third-order valence-electron chi connectivity index (χ3n) is 1.32. The lowest BCUT2D eigenvalue weighted by atomic mass is 10.2. The summed E-state index contributed by atoms with van der Waals surface area (Å²) in [5, 5.41) is 10.7. The van der Waals surface area contributed by atoms with Gasteiger partial charge in [-0.1, -0.05) is 12.1 Å². The van der Waals surface area contributed by atoms with Crippen LogP contribution >= 0.6 is 11.6 Å². The Morgan fingerprint density at radius 2 is 2.20 bits per heavy atom. The number of hydrogen-bond donors (Lipinski definition) is 0. The molecule has 1 nitrogen and oxygen atoms in total. The van der Waals surface area contributed by atoms with Crippen LogP contribution in [0.25, 0.3) is 0 Å². The summed E-state index contributed by atoms with van der Waals surface area (Å²) < 4.78 is 0. The van der Waals surface area contributed by atoms with E-state index in [1.165, 1.54) is 6.07 Å². The Balaban J connectivity index is 2.96. The van der Waals surface area contributed by atoms with Gasteiger partial charge in [0.1, 0.15) is 0 Å². The molecule has 0 saturated carbocycles. The van der Waals surface area contributed by atoms with E-state index in [2.05, 4.69) is 0 Å². The summed E-state index contributed by atoms with van der Waals surface area (Å²) in [7, 11) is 0. The Morgan fingerprint density at radius 1 is 1.50 bits per heavy atom. The molecule has 0 aliphatic carbocycles. The minimum atomic E-state index is -0.0751. The molecule has 1 rings (SSSR count). The molecular weight excluding hydrogens is 148 g/mol. The highest BCUT2D eigenvalue weighted by Crippen LogP contribution is 2.22. The van der Waals surface area contributed by atoms with Crippen LogP contribution in [0.15, 0.2) is 24.3 Å². The van der Waals surface area contributed by atoms with E-state index in [0.29, 0.717) is 0 Å². The zero-order chi connectivity index (χ0) is 7.56. The topological polar surface area (TPSA) is 19.9 Å². The molecular formula is C8H8ClO. The fourth-order valence-corrected chi connectivity index (χ4v) is 0.898. The first-order chi connectivity index (χ1) is 4.70. The number of rotatable bonds is 1. The molecule has 1 unspecified atom stereocenters. The van der Waals surface area contributed by atoms with Gasteiger partial charge < -0.3 is 0 Å². The van der Waals surface area contributed by atoms with Gasteiger partial charge in [0.15, 0.2) is 5.75 Å².